The number of anilines is 2. The third-order valence-corrected chi connectivity index (χ3v) is 4.48. The first-order valence-corrected chi connectivity index (χ1v) is 9.42. The number of aromatic nitrogens is 1. The molecule has 7 nitrogen and oxygen atoms in total. The summed E-state index contributed by atoms with van der Waals surface area (Å²) in [6, 6.07) is 16.5. The van der Waals surface area contributed by atoms with E-state index in [0.717, 1.165) is 0 Å². The lowest BCUT2D eigenvalue weighted by Gasteiger charge is -2.14. The number of carbonyl (C=O) groups excluding carboxylic acids is 2. The van der Waals surface area contributed by atoms with Crippen LogP contribution in [-0.2, 0) is 0 Å². The van der Waals surface area contributed by atoms with Crippen molar-refractivity contribution in [2.75, 3.05) is 24.7 Å². The van der Waals surface area contributed by atoms with Crippen LogP contribution in [0.3, 0.4) is 0 Å². The fourth-order valence-electron chi connectivity index (χ4n) is 2.67. The van der Waals surface area contributed by atoms with Gasteiger partial charge < -0.3 is 15.5 Å². The summed E-state index contributed by atoms with van der Waals surface area (Å²) in [6.07, 6.45) is 1.57. The van der Waals surface area contributed by atoms with Crippen molar-refractivity contribution in [3.8, 4) is 0 Å². The number of pyridine rings is 1. The lowest BCUT2D eigenvalue weighted by molar-refractivity contribution is 0.102. The Morgan fingerprint density at radius 1 is 0.933 bits per heavy atom. The fraction of sp³-hybridized carbons (Fsp3) is 0.0909. The van der Waals surface area contributed by atoms with E-state index in [0.29, 0.717) is 33.5 Å². The molecule has 152 valence electrons. The van der Waals surface area contributed by atoms with E-state index in [1.165, 1.54) is 6.07 Å². The van der Waals surface area contributed by atoms with Crippen molar-refractivity contribution in [1.29, 1.82) is 5.41 Å². The van der Waals surface area contributed by atoms with Crippen molar-refractivity contribution in [1.82, 2.24) is 9.88 Å². The third kappa shape index (κ3) is 5.01. The van der Waals surface area contributed by atoms with Crippen molar-refractivity contribution >= 4 is 40.8 Å². The molecule has 2 amide bonds. The van der Waals surface area contributed by atoms with E-state index >= 15 is 0 Å². The first kappa shape index (κ1) is 21.0. The molecule has 0 spiro atoms. The topological polar surface area (TPSA) is 98.2 Å². The van der Waals surface area contributed by atoms with Crippen molar-refractivity contribution < 1.29 is 9.59 Å². The van der Waals surface area contributed by atoms with Gasteiger partial charge in [0.15, 0.2) is 0 Å². The van der Waals surface area contributed by atoms with Gasteiger partial charge in [-0.3, -0.25) is 15.0 Å². The van der Waals surface area contributed by atoms with E-state index < -0.39 is 5.91 Å². The van der Waals surface area contributed by atoms with Crippen molar-refractivity contribution in [2.24, 2.45) is 0 Å². The molecule has 8 heteroatoms. The molecule has 0 fully saturated rings. The lowest BCUT2D eigenvalue weighted by Crippen LogP contribution is -2.22. The molecule has 0 saturated carbocycles. The number of nitrogens with zero attached hydrogens (tertiary/aromatic N) is 2. The highest BCUT2D eigenvalue weighted by Gasteiger charge is 2.16. The summed E-state index contributed by atoms with van der Waals surface area (Å²) in [5.74, 6) is -0.0970. The molecular weight excluding hydrogens is 402 g/mol. The average molecular weight is 422 g/mol. The fourth-order valence-corrected chi connectivity index (χ4v) is 2.84. The van der Waals surface area contributed by atoms with E-state index in [4.69, 9.17) is 17.0 Å². The molecule has 0 aliphatic heterocycles. The van der Waals surface area contributed by atoms with Gasteiger partial charge in [-0.25, -0.2) is 4.98 Å². The van der Waals surface area contributed by atoms with Crippen LogP contribution >= 0.6 is 11.6 Å². The molecular formula is C22H20ClN5O2. The summed E-state index contributed by atoms with van der Waals surface area (Å²) in [4.78, 5) is 31.1. The number of benzene rings is 2. The molecule has 1 heterocycles. The minimum atomic E-state index is -0.443. The van der Waals surface area contributed by atoms with Crippen LogP contribution < -0.4 is 10.6 Å². The second-order valence-electron chi connectivity index (χ2n) is 6.63. The summed E-state index contributed by atoms with van der Waals surface area (Å²) in [5.41, 5.74) is 1.63. The highest BCUT2D eigenvalue weighted by Crippen LogP contribution is 2.23. The summed E-state index contributed by atoms with van der Waals surface area (Å²) in [5, 5.41) is 13.8. The molecule has 0 atom stereocenters. The molecule has 3 rings (SSSR count). The van der Waals surface area contributed by atoms with Crippen LogP contribution in [0, 0.1) is 5.41 Å². The molecule has 0 aliphatic carbocycles. The minimum Gasteiger partial charge on any atom is -0.363 e. The van der Waals surface area contributed by atoms with Crippen molar-refractivity contribution in [3.05, 3.63) is 88.6 Å². The maximum Gasteiger partial charge on any atom is 0.258 e. The first-order valence-electron chi connectivity index (χ1n) is 9.05. The maximum absolute atomic E-state index is 12.7. The van der Waals surface area contributed by atoms with Crippen LogP contribution in [0.2, 0.25) is 5.02 Å². The number of halogens is 1. The van der Waals surface area contributed by atoms with E-state index in [2.05, 4.69) is 15.6 Å². The number of amidine groups is 1. The van der Waals surface area contributed by atoms with Crippen molar-refractivity contribution in [2.45, 2.75) is 0 Å². The Labute approximate surface area is 179 Å². The number of hydrogen-bond acceptors (Lipinski definition) is 4. The second-order valence-corrected chi connectivity index (χ2v) is 7.07. The van der Waals surface area contributed by atoms with E-state index in [1.54, 1.807) is 79.8 Å². The Bertz CT molecular complexity index is 1080. The predicted molar refractivity (Wildman–Crippen MR) is 119 cm³/mol. The summed E-state index contributed by atoms with van der Waals surface area (Å²) >= 11 is 6.06. The molecule has 0 radical (unpaired) electrons. The lowest BCUT2D eigenvalue weighted by atomic mass is 10.1. The van der Waals surface area contributed by atoms with Gasteiger partial charge in [0.2, 0.25) is 0 Å². The zero-order valence-electron chi connectivity index (χ0n) is 16.4. The van der Waals surface area contributed by atoms with Gasteiger partial charge in [-0.15, -0.1) is 0 Å². The minimum absolute atomic E-state index is 0.215. The SMILES string of the molecule is CN(C)C(=N)c1ccc(C(=O)Nc2ccc(Cl)cc2C(=O)Nc2ccccn2)cc1. The number of carbonyl (C=O) groups is 2. The quantitative estimate of drug-likeness (QED) is 0.426. The summed E-state index contributed by atoms with van der Waals surface area (Å²) in [6.45, 7) is 0. The number of nitrogens with one attached hydrogen (secondary N) is 3. The van der Waals surface area contributed by atoms with Crippen LogP contribution in [-0.4, -0.2) is 41.6 Å². The smallest absolute Gasteiger partial charge is 0.258 e. The first-order chi connectivity index (χ1) is 14.3. The predicted octanol–water partition coefficient (Wildman–Crippen LogP) is 4.13. The zero-order valence-corrected chi connectivity index (χ0v) is 17.2. The number of hydrogen-bond donors (Lipinski definition) is 3. The zero-order chi connectivity index (χ0) is 21.7. The molecule has 0 aliphatic rings. The number of rotatable bonds is 5. The standard InChI is InChI=1S/C22H20ClN5O2/c1-28(2)20(24)14-6-8-15(9-7-14)21(29)26-18-11-10-16(23)13-17(18)22(30)27-19-5-3-4-12-25-19/h3-13,24H,1-2H3,(H,26,29)(H,25,27,30). The molecule has 3 N–H and O–H groups in total. The van der Waals surface area contributed by atoms with Crippen molar-refractivity contribution in [3.63, 3.8) is 0 Å². The summed E-state index contributed by atoms with van der Waals surface area (Å²) in [7, 11) is 3.56. The Morgan fingerprint density at radius 2 is 1.63 bits per heavy atom. The van der Waals surface area contributed by atoms with Gasteiger partial charge in [0.1, 0.15) is 11.7 Å². The van der Waals surface area contributed by atoms with E-state index in [9.17, 15) is 9.59 Å². The normalized spacial score (nSPS) is 10.2. The highest BCUT2D eigenvalue weighted by atomic mass is 35.5. The number of amides is 2. The Hall–Kier alpha value is -3.71. The van der Waals surface area contributed by atoms with Crippen LogP contribution in [0.1, 0.15) is 26.3 Å². The van der Waals surface area contributed by atoms with E-state index in [-0.39, 0.29) is 11.5 Å². The maximum atomic E-state index is 12.7. The largest absolute Gasteiger partial charge is 0.363 e. The second kappa shape index (κ2) is 9.19. The molecule has 2 aromatic carbocycles. The Morgan fingerprint density at radius 3 is 2.27 bits per heavy atom. The average Bonchev–Trinajstić information content (AvgIpc) is 2.75. The molecule has 0 saturated heterocycles. The molecule has 3 aromatic rings. The third-order valence-electron chi connectivity index (χ3n) is 4.25. The Kier molecular flexibility index (Phi) is 6.44. The van der Waals surface area contributed by atoms with Gasteiger partial charge >= 0.3 is 0 Å². The molecule has 0 bridgehead atoms. The molecule has 30 heavy (non-hydrogen) atoms. The van der Waals surface area contributed by atoms with Gasteiger partial charge in [0.05, 0.1) is 11.3 Å². The van der Waals surface area contributed by atoms with Gasteiger partial charge in [0.25, 0.3) is 11.8 Å². The van der Waals surface area contributed by atoms with Crippen LogP contribution in [0.15, 0.2) is 66.9 Å². The molecule has 0 unspecified atom stereocenters. The van der Waals surface area contributed by atoms with Gasteiger partial charge in [-0.2, -0.15) is 0 Å². The Balaban J connectivity index is 1.80. The van der Waals surface area contributed by atoms with Gasteiger partial charge in [-0.1, -0.05) is 29.8 Å². The van der Waals surface area contributed by atoms with Crippen LogP contribution in [0.25, 0.3) is 0 Å². The summed E-state index contributed by atoms with van der Waals surface area (Å²) < 4.78 is 0. The van der Waals surface area contributed by atoms with Crippen LogP contribution in [0.5, 0.6) is 0 Å². The molecule has 1 aromatic heterocycles. The van der Waals surface area contributed by atoms with Crippen LogP contribution in [0.4, 0.5) is 11.5 Å². The van der Waals surface area contributed by atoms with Gasteiger partial charge in [-0.05, 0) is 42.5 Å². The van der Waals surface area contributed by atoms with Gasteiger partial charge in [0, 0.05) is 36.4 Å². The van der Waals surface area contributed by atoms with E-state index in [1.807, 2.05) is 0 Å². The monoisotopic (exact) mass is 421 g/mol. The highest BCUT2D eigenvalue weighted by molar-refractivity contribution is 6.31.